The van der Waals surface area contributed by atoms with Crippen molar-refractivity contribution in [3.63, 3.8) is 0 Å². The van der Waals surface area contributed by atoms with E-state index in [9.17, 15) is 4.79 Å². The van der Waals surface area contributed by atoms with Gasteiger partial charge in [0.25, 0.3) is 5.91 Å². The monoisotopic (exact) mass is 603 g/mol. The first-order chi connectivity index (χ1) is 15.6. The number of benzene rings is 3. The average molecular weight is 604 g/mol. The lowest BCUT2D eigenvalue weighted by atomic mass is 10.2. The van der Waals surface area contributed by atoms with E-state index in [1.165, 1.54) is 16.4 Å². The van der Waals surface area contributed by atoms with E-state index in [-0.39, 0.29) is 5.91 Å². The molecular weight excluding hydrogens is 581 g/mol. The fraction of sp³-hybridized carbons (Fsp3) is 0.200. The molecule has 1 aliphatic heterocycles. The lowest BCUT2D eigenvalue weighted by molar-refractivity contribution is 0.0955. The van der Waals surface area contributed by atoms with Crippen LogP contribution in [0.3, 0.4) is 0 Å². The first-order valence-electron chi connectivity index (χ1n) is 10.4. The zero-order chi connectivity index (χ0) is 22.3. The third-order valence-electron chi connectivity index (χ3n) is 5.25. The van der Waals surface area contributed by atoms with Crippen LogP contribution in [0.2, 0.25) is 0 Å². The van der Waals surface area contributed by atoms with Crippen LogP contribution in [0.15, 0.2) is 76.3 Å². The Bertz CT molecular complexity index is 1100. The molecule has 0 atom stereocenters. The number of carbonyl (C=O) groups is 1. The van der Waals surface area contributed by atoms with E-state index in [1.54, 1.807) is 6.21 Å². The highest BCUT2D eigenvalue weighted by Crippen LogP contribution is 2.23. The topological polar surface area (TPSA) is 53.9 Å². The Morgan fingerprint density at radius 2 is 1.78 bits per heavy atom. The maximum Gasteiger partial charge on any atom is 0.271 e. The zero-order valence-electron chi connectivity index (χ0n) is 17.4. The molecule has 1 amide bonds. The van der Waals surface area contributed by atoms with Crippen LogP contribution in [0, 0.1) is 3.57 Å². The zero-order valence-corrected chi connectivity index (χ0v) is 21.2. The smallest absolute Gasteiger partial charge is 0.271 e. The number of hydrogen-bond donors (Lipinski definition) is 1. The van der Waals surface area contributed by atoms with Crippen molar-refractivity contribution in [2.24, 2.45) is 5.10 Å². The molecule has 5 nitrogen and oxygen atoms in total. The molecule has 0 radical (unpaired) electrons. The highest BCUT2D eigenvalue weighted by molar-refractivity contribution is 14.1. The Morgan fingerprint density at radius 1 is 1.06 bits per heavy atom. The summed E-state index contributed by atoms with van der Waals surface area (Å²) in [5.41, 5.74) is 6.20. The molecule has 0 saturated carbocycles. The van der Waals surface area contributed by atoms with Crippen molar-refractivity contribution in [2.45, 2.75) is 19.4 Å². The van der Waals surface area contributed by atoms with Gasteiger partial charge in [-0.1, -0.05) is 28.1 Å². The normalized spacial score (nSPS) is 13.5. The van der Waals surface area contributed by atoms with Gasteiger partial charge in [-0.05, 0) is 95.6 Å². The van der Waals surface area contributed by atoms with Crippen LogP contribution in [0.1, 0.15) is 34.3 Å². The number of rotatable bonds is 7. The first-order valence-corrected chi connectivity index (χ1v) is 12.3. The molecule has 1 aliphatic rings. The fourth-order valence-electron chi connectivity index (χ4n) is 3.52. The van der Waals surface area contributed by atoms with E-state index in [1.807, 2.05) is 54.6 Å². The first kappa shape index (κ1) is 22.8. The number of amides is 1. The molecule has 0 bridgehead atoms. The van der Waals surface area contributed by atoms with E-state index >= 15 is 0 Å². The number of carbonyl (C=O) groups excluding carboxylic acids is 1. The number of halogens is 2. The van der Waals surface area contributed by atoms with Crippen LogP contribution in [-0.2, 0) is 6.61 Å². The van der Waals surface area contributed by atoms with Crippen LogP contribution in [-0.4, -0.2) is 25.2 Å². The molecule has 3 aromatic rings. The van der Waals surface area contributed by atoms with Crippen LogP contribution < -0.4 is 15.1 Å². The second-order valence-corrected chi connectivity index (χ2v) is 9.70. The minimum atomic E-state index is -0.245. The molecule has 164 valence electrons. The lowest BCUT2D eigenvalue weighted by Gasteiger charge is -2.17. The van der Waals surface area contributed by atoms with Gasteiger partial charge in [-0.3, -0.25) is 4.79 Å². The molecule has 32 heavy (non-hydrogen) atoms. The molecule has 7 heteroatoms. The SMILES string of the molecule is O=C(N/N=C\c1cc(Br)ccc1OCc1ccc(I)cc1)c1ccc(N2CCCC2)cc1. The van der Waals surface area contributed by atoms with Gasteiger partial charge >= 0.3 is 0 Å². The standard InChI is InChI=1S/C25H23BrIN3O2/c26-21-7-12-24(32-17-18-3-8-22(27)9-4-18)20(15-21)16-28-29-25(31)19-5-10-23(11-6-19)30-13-1-2-14-30/h3-12,15-16H,1-2,13-14,17H2,(H,29,31)/b28-16-. The minimum absolute atomic E-state index is 0.245. The molecule has 0 aliphatic carbocycles. The molecule has 4 rings (SSSR count). The molecule has 0 spiro atoms. The van der Waals surface area contributed by atoms with Crippen molar-refractivity contribution in [2.75, 3.05) is 18.0 Å². The summed E-state index contributed by atoms with van der Waals surface area (Å²) >= 11 is 5.76. The second-order valence-electron chi connectivity index (χ2n) is 7.54. The van der Waals surface area contributed by atoms with Gasteiger partial charge in [0.2, 0.25) is 0 Å². The summed E-state index contributed by atoms with van der Waals surface area (Å²) in [6, 6.07) is 21.6. The molecule has 1 saturated heterocycles. The van der Waals surface area contributed by atoms with Crippen LogP contribution in [0.5, 0.6) is 5.75 Å². The summed E-state index contributed by atoms with van der Waals surface area (Å²) in [5.74, 6) is 0.449. The van der Waals surface area contributed by atoms with Crippen molar-refractivity contribution in [3.8, 4) is 5.75 Å². The number of nitrogens with one attached hydrogen (secondary N) is 1. The molecule has 1 fully saturated rings. The number of nitrogens with zero attached hydrogens (tertiary/aromatic N) is 2. The van der Waals surface area contributed by atoms with Crippen LogP contribution in [0.25, 0.3) is 0 Å². The van der Waals surface area contributed by atoms with Gasteiger partial charge < -0.3 is 9.64 Å². The molecule has 1 heterocycles. The van der Waals surface area contributed by atoms with Gasteiger partial charge in [-0.2, -0.15) is 5.10 Å². The van der Waals surface area contributed by atoms with Crippen molar-refractivity contribution < 1.29 is 9.53 Å². The summed E-state index contributed by atoms with van der Waals surface area (Å²) in [6.45, 7) is 2.61. The molecular formula is C25H23BrIN3O2. The van der Waals surface area contributed by atoms with Gasteiger partial charge in [0.15, 0.2) is 0 Å². The lowest BCUT2D eigenvalue weighted by Crippen LogP contribution is -2.19. The third kappa shape index (κ3) is 6.10. The fourth-order valence-corrected chi connectivity index (χ4v) is 4.26. The maximum atomic E-state index is 12.5. The van der Waals surface area contributed by atoms with Gasteiger partial charge in [0.05, 0.1) is 6.21 Å². The van der Waals surface area contributed by atoms with Crippen molar-refractivity contribution in [1.82, 2.24) is 5.43 Å². The highest BCUT2D eigenvalue weighted by Gasteiger charge is 2.13. The quantitative estimate of drug-likeness (QED) is 0.205. The summed E-state index contributed by atoms with van der Waals surface area (Å²) < 4.78 is 8.08. The number of hydrogen-bond acceptors (Lipinski definition) is 4. The summed E-state index contributed by atoms with van der Waals surface area (Å²) in [7, 11) is 0. The van der Waals surface area contributed by atoms with E-state index in [0.717, 1.165) is 34.4 Å². The highest BCUT2D eigenvalue weighted by atomic mass is 127. The minimum Gasteiger partial charge on any atom is -0.488 e. The summed E-state index contributed by atoms with van der Waals surface area (Å²) in [6.07, 6.45) is 4.05. The van der Waals surface area contributed by atoms with Crippen molar-refractivity contribution >= 4 is 56.3 Å². The summed E-state index contributed by atoms with van der Waals surface area (Å²) in [4.78, 5) is 14.8. The van der Waals surface area contributed by atoms with E-state index in [4.69, 9.17) is 4.74 Å². The maximum absolute atomic E-state index is 12.5. The third-order valence-corrected chi connectivity index (χ3v) is 6.46. The molecule has 0 unspecified atom stereocenters. The van der Waals surface area contributed by atoms with Crippen molar-refractivity contribution in [3.05, 3.63) is 91.5 Å². The number of hydrazone groups is 1. The molecule has 1 N–H and O–H groups in total. The Balaban J connectivity index is 1.38. The molecule has 0 aromatic heterocycles. The van der Waals surface area contributed by atoms with Crippen LogP contribution in [0.4, 0.5) is 5.69 Å². The predicted octanol–water partition coefficient (Wildman–Crippen LogP) is 6.00. The van der Waals surface area contributed by atoms with E-state index in [0.29, 0.717) is 17.9 Å². The Morgan fingerprint density at radius 3 is 2.50 bits per heavy atom. The Kier molecular flexibility index (Phi) is 7.81. The van der Waals surface area contributed by atoms with Gasteiger partial charge in [-0.15, -0.1) is 0 Å². The summed E-state index contributed by atoms with van der Waals surface area (Å²) in [5, 5.41) is 4.15. The largest absolute Gasteiger partial charge is 0.488 e. The van der Waals surface area contributed by atoms with Crippen molar-refractivity contribution in [1.29, 1.82) is 0 Å². The molecule has 3 aromatic carbocycles. The van der Waals surface area contributed by atoms with E-state index in [2.05, 4.69) is 66.1 Å². The Hall–Kier alpha value is -2.39. The predicted molar refractivity (Wildman–Crippen MR) is 141 cm³/mol. The average Bonchev–Trinajstić information content (AvgIpc) is 3.35. The van der Waals surface area contributed by atoms with E-state index < -0.39 is 0 Å². The number of anilines is 1. The van der Waals surface area contributed by atoms with Crippen LogP contribution >= 0.6 is 38.5 Å². The Labute approximate surface area is 210 Å². The second kappa shape index (κ2) is 11.0. The van der Waals surface area contributed by atoms with Gasteiger partial charge in [0.1, 0.15) is 12.4 Å². The van der Waals surface area contributed by atoms with Gasteiger partial charge in [0, 0.05) is 37.9 Å². The van der Waals surface area contributed by atoms with Gasteiger partial charge in [-0.25, -0.2) is 5.43 Å². The number of ether oxygens (including phenoxy) is 1.